The Morgan fingerprint density at radius 2 is 1.94 bits per heavy atom. The zero-order valence-corrected chi connectivity index (χ0v) is 19.1. The summed E-state index contributed by atoms with van der Waals surface area (Å²) >= 11 is 3.30. The third kappa shape index (κ3) is 3.98. The number of carbonyl (C=O) groups is 1. The molecule has 2 aromatic carbocycles. The predicted octanol–water partition coefficient (Wildman–Crippen LogP) is 6.27. The molecular weight excluding hydrogens is 422 g/mol. The number of anilines is 1. The Kier molecular flexibility index (Phi) is 5.50. The molecular formula is C25H23N3OS2. The van der Waals surface area contributed by atoms with E-state index in [1.165, 1.54) is 28.6 Å². The van der Waals surface area contributed by atoms with Crippen molar-refractivity contribution in [2.45, 2.75) is 43.4 Å². The second-order valence-corrected chi connectivity index (χ2v) is 10.1. The lowest BCUT2D eigenvalue weighted by Crippen LogP contribution is -2.20. The molecule has 2 aromatic heterocycles. The number of aromatic nitrogens is 2. The molecule has 4 nitrogen and oxygen atoms in total. The van der Waals surface area contributed by atoms with Gasteiger partial charge >= 0.3 is 0 Å². The van der Waals surface area contributed by atoms with Gasteiger partial charge < -0.3 is 5.32 Å². The normalized spacial score (nSPS) is 13.9. The highest BCUT2D eigenvalue weighted by Gasteiger charge is 2.27. The number of hydrogen-bond donors (Lipinski definition) is 1. The Morgan fingerprint density at radius 1 is 1.10 bits per heavy atom. The third-order valence-corrected chi connectivity index (χ3v) is 8.14. The molecule has 0 spiro atoms. The standard InChI is InChI=1S/C25H23N3OS2/c1-15-11-12-16(2)19(13-15)28-23(29)22(17-7-4-3-5-8-17)31-25-21-18-9-6-10-20(18)30-24(21)26-14-27-25/h3-5,7-8,11-14,22H,6,9-10H2,1-2H3,(H,28,29)/t22-/m0/s1. The molecule has 5 rings (SSSR count). The first-order chi connectivity index (χ1) is 15.1. The number of fused-ring (bicyclic) bond motifs is 3. The minimum atomic E-state index is -0.406. The molecule has 0 bridgehead atoms. The molecule has 1 N–H and O–H groups in total. The summed E-state index contributed by atoms with van der Waals surface area (Å²) in [5, 5.41) is 4.80. The maximum absolute atomic E-state index is 13.5. The van der Waals surface area contributed by atoms with Crippen molar-refractivity contribution in [1.82, 2.24) is 9.97 Å². The molecule has 0 unspecified atom stereocenters. The molecule has 0 aliphatic heterocycles. The van der Waals surface area contributed by atoms with Gasteiger partial charge in [0.2, 0.25) is 5.91 Å². The van der Waals surface area contributed by atoms with Gasteiger partial charge in [0.05, 0.1) is 0 Å². The van der Waals surface area contributed by atoms with Gasteiger partial charge in [-0.15, -0.1) is 11.3 Å². The van der Waals surface area contributed by atoms with Crippen molar-refractivity contribution < 1.29 is 4.79 Å². The fourth-order valence-corrected chi connectivity index (χ4v) is 6.49. The summed E-state index contributed by atoms with van der Waals surface area (Å²) in [6, 6.07) is 16.1. The van der Waals surface area contributed by atoms with Gasteiger partial charge in [-0.3, -0.25) is 4.79 Å². The number of nitrogens with zero attached hydrogens (tertiary/aromatic N) is 2. The molecule has 0 saturated carbocycles. The number of amides is 1. The first-order valence-corrected chi connectivity index (χ1v) is 12.1. The summed E-state index contributed by atoms with van der Waals surface area (Å²) in [5.41, 5.74) is 5.38. The van der Waals surface area contributed by atoms with Crippen LogP contribution in [0.15, 0.2) is 59.9 Å². The molecule has 31 heavy (non-hydrogen) atoms. The minimum Gasteiger partial charge on any atom is -0.325 e. The number of benzene rings is 2. The highest BCUT2D eigenvalue weighted by Crippen LogP contribution is 2.44. The molecule has 1 aliphatic rings. The van der Waals surface area contributed by atoms with Crippen molar-refractivity contribution in [3.63, 3.8) is 0 Å². The van der Waals surface area contributed by atoms with E-state index < -0.39 is 5.25 Å². The second kappa shape index (κ2) is 8.44. The Morgan fingerprint density at radius 3 is 2.77 bits per heavy atom. The van der Waals surface area contributed by atoms with Crippen LogP contribution >= 0.6 is 23.1 Å². The lowest BCUT2D eigenvalue weighted by Gasteiger charge is -2.18. The Hall–Kier alpha value is -2.70. The van der Waals surface area contributed by atoms with Crippen molar-refractivity contribution >= 4 is 44.9 Å². The fraction of sp³-hybridized carbons (Fsp3) is 0.240. The Bertz CT molecular complexity index is 1270. The van der Waals surface area contributed by atoms with Gasteiger partial charge in [0, 0.05) is 16.0 Å². The topological polar surface area (TPSA) is 54.9 Å². The van der Waals surface area contributed by atoms with Crippen LogP contribution in [0.3, 0.4) is 0 Å². The number of thioether (sulfide) groups is 1. The van der Waals surface area contributed by atoms with Gasteiger partial charge in [-0.2, -0.15) is 0 Å². The summed E-state index contributed by atoms with van der Waals surface area (Å²) in [7, 11) is 0. The molecule has 0 fully saturated rings. The van der Waals surface area contributed by atoms with Crippen molar-refractivity contribution in [1.29, 1.82) is 0 Å². The van der Waals surface area contributed by atoms with Gasteiger partial charge in [-0.25, -0.2) is 9.97 Å². The van der Waals surface area contributed by atoms with Crippen LogP contribution in [0.1, 0.15) is 38.8 Å². The molecule has 156 valence electrons. The lowest BCUT2D eigenvalue weighted by molar-refractivity contribution is -0.115. The van der Waals surface area contributed by atoms with E-state index in [1.807, 2.05) is 56.3 Å². The van der Waals surface area contributed by atoms with Gasteiger partial charge in [-0.1, -0.05) is 54.2 Å². The first-order valence-electron chi connectivity index (χ1n) is 10.4. The largest absolute Gasteiger partial charge is 0.325 e. The monoisotopic (exact) mass is 445 g/mol. The average Bonchev–Trinajstić information content (AvgIpc) is 3.36. The SMILES string of the molecule is Cc1ccc(C)c(NC(=O)[C@@H](Sc2ncnc3sc4c(c23)CCC4)c2ccccc2)c1. The van der Waals surface area contributed by atoms with E-state index in [1.54, 1.807) is 17.7 Å². The van der Waals surface area contributed by atoms with E-state index in [0.29, 0.717) is 0 Å². The van der Waals surface area contributed by atoms with Crippen LogP contribution in [0.2, 0.25) is 0 Å². The van der Waals surface area contributed by atoms with Crippen LogP contribution in [0.4, 0.5) is 5.69 Å². The maximum Gasteiger partial charge on any atom is 0.242 e. The van der Waals surface area contributed by atoms with E-state index in [-0.39, 0.29) is 5.91 Å². The van der Waals surface area contributed by atoms with Crippen LogP contribution in [0.25, 0.3) is 10.2 Å². The Balaban J connectivity index is 1.53. The number of carbonyl (C=O) groups excluding carboxylic acids is 1. The highest BCUT2D eigenvalue weighted by molar-refractivity contribution is 8.00. The smallest absolute Gasteiger partial charge is 0.242 e. The third-order valence-electron chi connectivity index (χ3n) is 5.69. The molecule has 1 amide bonds. The second-order valence-electron chi connectivity index (χ2n) is 7.93. The van der Waals surface area contributed by atoms with Crippen molar-refractivity contribution in [3.8, 4) is 0 Å². The van der Waals surface area contributed by atoms with Gasteiger partial charge in [0.15, 0.2) is 0 Å². The molecule has 0 radical (unpaired) electrons. The summed E-state index contributed by atoms with van der Waals surface area (Å²) in [5.74, 6) is -0.0384. The molecule has 2 heterocycles. The lowest BCUT2D eigenvalue weighted by atomic mass is 10.1. The zero-order valence-electron chi connectivity index (χ0n) is 17.5. The van der Waals surface area contributed by atoms with Gasteiger partial charge in [-0.05, 0) is 61.4 Å². The van der Waals surface area contributed by atoms with Crippen LogP contribution in [0, 0.1) is 13.8 Å². The molecule has 4 aromatic rings. The highest BCUT2D eigenvalue weighted by atomic mass is 32.2. The minimum absolute atomic E-state index is 0.0384. The van der Waals surface area contributed by atoms with Crippen LogP contribution in [0.5, 0.6) is 0 Å². The summed E-state index contributed by atoms with van der Waals surface area (Å²) in [4.78, 5) is 25.1. The average molecular weight is 446 g/mol. The molecule has 6 heteroatoms. The Labute approximate surface area is 190 Å². The van der Waals surface area contributed by atoms with E-state index in [4.69, 9.17) is 0 Å². The van der Waals surface area contributed by atoms with Gasteiger partial charge in [0.25, 0.3) is 0 Å². The van der Waals surface area contributed by atoms with Gasteiger partial charge in [0.1, 0.15) is 21.4 Å². The van der Waals surface area contributed by atoms with Crippen molar-refractivity contribution in [2.75, 3.05) is 5.32 Å². The molecule has 1 atom stereocenters. The molecule has 0 saturated heterocycles. The van der Waals surface area contributed by atoms with Crippen molar-refractivity contribution in [3.05, 3.63) is 82.0 Å². The molecule has 1 aliphatic carbocycles. The van der Waals surface area contributed by atoms with E-state index in [0.717, 1.165) is 50.5 Å². The van der Waals surface area contributed by atoms with E-state index in [2.05, 4.69) is 21.4 Å². The zero-order chi connectivity index (χ0) is 21.4. The van der Waals surface area contributed by atoms with Crippen LogP contribution in [-0.2, 0) is 17.6 Å². The summed E-state index contributed by atoms with van der Waals surface area (Å²) in [6.07, 6.45) is 5.00. The fourth-order valence-electron chi connectivity index (χ4n) is 4.07. The quantitative estimate of drug-likeness (QED) is 0.291. The van der Waals surface area contributed by atoms with Crippen LogP contribution in [-0.4, -0.2) is 15.9 Å². The number of thiophene rings is 1. The summed E-state index contributed by atoms with van der Waals surface area (Å²) in [6.45, 7) is 4.05. The van der Waals surface area contributed by atoms with Crippen LogP contribution < -0.4 is 5.32 Å². The summed E-state index contributed by atoms with van der Waals surface area (Å²) < 4.78 is 0. The number of aryl methyl sites for hydroxylation is 4. The first kappa shape index (κ1) is 20.2. The number of rotatable bonds is 5. The maximum atomic E-state index is 13.5. The predicted molar refractivity (Wildman–Crippen MR) is 129 cm³/mol. The van der Waals surface area contributed by atoms with Crippen molar-refractivity contribution in [2.24, 2.45) is 0 Å². The van der Waals surface area contributed by atoms with E-state index in [9.17, 15) is 4.79 Å². The number of hydrogen-bond acceptors (Lipinski definition) is 5. The van der Waals surface area contributed by atoms with E-state index >= 15 is 0 Å². The number of nitrogens with one attached hydrogen (secondary N) is 1.